The quantitative estimate of drug-likeness (QED) is 0.679. The molecule has 0 bridgehead atoms. The minimum atomic E-state index is -4.06. The van der Waals surface area contributed by atoms with E-state index in [4.69, 9.17) is 4.74 Å². The number of amides is 1. The number of morpholine rings is 1. The van der Waals surface area contributed by atoms with Crippen LogP contribution < -0.4 is 10.0 Å². The molecule has 3 rings (SSSR count). The molecule has 1 saturated heterocycles. The minimum Gasteiger partial charge on any atom is -0.379 e. The van der Waals surface area contributed by atoms with E-state index in [1.165, 1.54) is 36.4 Å². The van der Waals surface area contributed by atoms with E-state index >= 15 is 0 Å². The molecule has 0 aromatic heterocycles. The molecular formula is C22H28FN3O4S. The highest BCUT2D eigenvalue weighted by Gasteiger charge is 2.29. The van der Waals surface area contributed by atoms with E-state index in [1.54, 1.807) is 13.0 Å². The van der Waals surface area contributed by atoms with Gasteiger partial charge in [-0.25, -0.2) is 12.8 Å². The predicted octanol–water partition coefficient (Wildman–Crippen LogP) is 2.78. The summed E-state index contributed by atoms with van der Waals surface area (Å²) in [4.78, 5) is 15.0. The fourth-order valence-corrected chi connectivity index (χ4v) is 4.53. The zero-order valence-corrected chi connectivity index (χ0v) is 18.8. The van der Waals surface area contributed by atoms with Crippen molar-refractivity contribution < 1.29 is 22.3 Å². The summed E-state index contributed by atoms with van der Waals surface area (Å²) < 4.78 is 47.0. The molecule has 1 fully saturated rings. The smallest absolute Gasteiger partial charge is 0.262 e. The summed E-state index contributed by atoms with van der Waals surface area (Å²) in [6.45, 7) is 9.12. The van der Waals surface area contributed by atoms with Crippen LogP contribution in [0, 0.1) is 12.7 Å². The van der Waals surface area contributed by atoms with E-state index in [2.05, 4.69) is 14.9 Å². The van der Waals surface area contributed by atoms with Gasteiger partial charge >= 0.3 is 0 Å². The molecule has 9 heteroatoms. The summed E-state index contributed by atoms with van der Waals surface area (Å²) in [5.41, 5.74) is 0.478. The van der Waals surface area contributed by atoms with Gasteiger partial charge in [-0.3, -0.25) is 14.4 Å². The standard InChI is InChI=1S/C22H28FN3O4S/c1-16-8-9-17(31(28,29)25-20-7-5-4-6-19(20)23)14-18(16)21(27)24-15-22(2,3)26-10-12-30-13-11-26/h4-9,14,25H,10-13,15H2,1-3H3,(H,24,27). The van der Waals surface area contributed by atoms with Gasteiger partial charge in [-0.15, -0.1) is 0 Å². The predicted molar refractivity (Wildman–Crippen MR) is 117 cm³/mol. The molecule has 0 saturated carbocycles. The molecule has 0 aliphatic carbocycles. The fraction of sp³-hybridized carbons (Fsp3) is 0.409. The lowest BCUT2D eigenvalue weighted by molar-refractivity contribution is -0.00923. The number of rotatable bonds is 7. The van der Waals surface area contributed by atoms with Crippen LogP contribution in [0.25, 0.3) is 0 Å². The van der Waals surface area contributed by atoms with Gasteiger partial charge < -0.3 is 10.1 Å². The van der Waals surface area contributed by atoms with Gasteiger partial charge in [0.1, 0.15) is 5.82 Å². The van der Waals surface area contributed by atoms with Gasteiger partial charge in [0.2, 0.25) is 0 Å². The Hall–Kier alpha value is -2.49. The first-order valence-electron chi connectivity index (χ1n) is 10.1. The lowest BCUT2D eigenvalue weighted by atomic mass is 10.0. The number of hydrogen-bond acceptors (Lipinski definition) is 5. The fourth-order valence-electron chi connectivity index (χ4n) is 3.43. The molecule has 168 valence electrons. The van der Waals surface area contributed by atoms with Gasteiger partial charge in [-0.1, -0.05) is 18.2 Å². The molecule has 31 heavy (non-hydrogen) atoms. The van der Waals surface area contributed by atoms with Crippen LogP contribution in [0.3, 0.4) is 0 Å². The van der Waals surface area contributed by atoms with Crippen molar-refractivity contribution in [2.75, 3.05) is 37.6 Å². The van der Waals surface area contributed by atoms with Crippen LogP contribution in [0.1, 0.15) is 29.8 Å². The number of hydrogen-bond donors (Lipinski definition) is 2. The van der Waals surface area contributed by atoms with Crippen LogP contribution in [0.15, 0.2) is 47.4 Å². The van der Waals surface area contributed by atoms with Gasteiger partial charge in [-0.05, 0) is 50.6 Å². The number of carbonyl (C=O) groups excluding carboxylic acids is 1. The van der Waals surface area contributed by atoms with Gasteiger partial charge in [-0.2, -0.15) is 0 Å². The summed E-state index contributed by atoms with van der Waals surface area (Å²) >= 11 is 0. The normalized spacial score (nSPS) is 15.5. The highest BCUT2D eigenvalue weighted by Crippen LogP contribution is 2.22. The van der Waals surface area contributed by atoms with Gasteiger partial charge in [0.25, 0.3) is 15.9 Å². The van der Waals surface area contributed by atoms with Gasteiger partial charge in [0.15, 0.2) is 0 Å². The minimum absolute atomic E-state index is 0.112. The third-order valence-corrected chi connectivity index (χ3v) is 6.79. The average molecular weight is 450 g/mol. The SMILES string of the molecule is Cc1ccc(S(=O)(=O)Nc2ccccc2F)cc1C(=O)NCC(C)(C)N1CCOCC1. The lowest BCUT2D eigenvalue weighted by Crippen LogP contribution is -2.55. The molecule has 1 aliphatic heterocycles. The molecule has 1 amide bonds. The molecule has 0 radical (unpaired) electrons. The van der Waals surface area contributed by atoms with Gasteiger partial charge in [0, 0.05) is 30.7 Å². The first-order chi connectivity index (χ1) is 14.6. The summed E-state index contributed by atoms with van der Waals surface area (Å²) in [6, 6.07) is 9.79. The van der Waals surface area contributed by atoms with Crippen LogP contribution in [0.5, 0.6) is 0 Å². The van der Waals surface area contributed by atoms with Crippen molar-refractivity contribution in [1.82, 2.24) is 10.2 Å². The Morgan fingerprint density at radius 1 is 1.16 bits per heavy atom. The Morgan fingerprint density at radius 2 is 1.84 bits per heavy atom. The number of ether oxygens (including phenoxy) is 1. The second-order valence-corrected chi connectivity index (χ2v) is 9.84. The summed E-state index contributed by atoms with van der Waals surface area (Å²) in [6.07, 6.45) is 0. The van der Waals surface area contributed by atoms with Gasteiger partial charge in [0.05, 0.1) is 23.8 Å². The van der Waals surface area contributed by atoms with Crippen LogP contribution in [-0.4, -0.2) is 57.6 Å². The largest absolute Gasteiger partial charge is 0.379 e. The summed E-state index contributed by atoms with van der Waals surface area (Å²) in [5.74, 6) is -1.04. The first-order valence-corrected chi connectivity index (χ1v) is 11.6. The number of halogens is 1. The van der Waals surface area contributed by atoms with Crippen molar-refractivity contribution in [2.45, 2.75) is 31.2 Å². The van der Waals surface area contributed by atoms with Crippen molar-refractivity contribution in [3.8, 4) is 0 Å². The van der Waals surface area contributed by atoms with Crippen LogP contribution >= 0.6 is 0 Å². The van der Waals surface area contributed by atoms with E-state index in [-0.39, 0.29) is 27.6 Å². The number of nitrogens with one attached hydrogen (secondary N) is 2. The maximum atomic E-state index is 13.9. The Balaban J connectivity index is 1.75. The maximum Gasteiger partial charge on any atom is 0.262 e. The number of nitrogens with zero attached hydrogens (tertiary/aromatic N) is 1. The molecule has 2 aromatic rings. The van der Waals surface area contributed by atoms with E-state index in [9.17, 15) is 17.6 Å². The van der Waals surface area contributed by atoms with Crippen molar-refractivity contribution in [3.05, 3.63) is 59.4 Å². The highest BCUT2D eigenvalue weighted by atomic mass is 32.2. The summed E-state index contributed by atoms with van der Waals surface area (Å²) in [7, 11) is -4.06. The number of carbonyl (C=O) groups is 1. The lowest BCUT2D eigenvalue weighted by Gasteiger charge is -2.40. The highest BCUT2D eigenvalue weighted by molar-refractivity contribution is 7.92. The van der Waals surface area contributed by atoms with Crippen molar-refractivity contribution >= 4 is 21.6 Å². The molecule has 0 spiro atoms. The number of anilines is 1. The van der Waals surface area contributed by atoms with Crippen molar-refractivity contribution in [3.63, 3.8) is 0 Å². The average Bonchev–Trinajstić information content (AvgIpc) is 2.74. The zero-order chi connectivity index (χ0) is 22.6. The Bertz CT molecular complexity index is 1050. The summed E-state index contributed by atoms with van der Waals surface area (Å²) in [5, 5.41) is 2.92. The molecule has 2 N–H and O–H groups in total. The van der Waals surface area contributed by atoms with E-state index in [1.807, 2.05) is 13.8 Å². The topological polar surface area (TPSA) is 87.7 Å². The third-order valence-electron chi connectivity index (χ3n) is 5.43. The molecule has 0 atom stereocenters. The second-order valence-electron chi connectivity index (χ2n) is 8.16. The number of aryl methyl sites for hydroxylation is 1. The molecule has 1 aliphatic rings. The van der Waals surface area contributed by atoms with Crippen LogP contribution in [-0.2, 0) is 14.8 Å². The number of benzene rings is 2. The molecule has 2 aromatic carbocycles. The number of sulfonamides is 1. The maximum absolute atomic E-state index is 13.9. The molecular weight excluding hydrogens is 421 g/mol. The Morgan fingerprint density at radius 3 is 2.52 bits per heavy atom. The van der Waals surface area contributed by atoms with Crippen molar-refractivity contribution in [2.24, 2.45) is 0 Å². The Labute approximate surface area is 182 Å². The Kier molecular flexibility index (Phi) is 6.98. The third kappa shape index (κ3) is 5.61. The monoisotopic (exact) mass is 449 g/mol. The second kappa shape index (κ2) is 9.33. The zero-order valence-electron chi connectivity index (χ0n) is 17.9. The molecule has 1 heterocycles. The van der Waals surface area contributed by atoms with E-state index in [0.29, 0.717) is 25.3 Å². The van der Waals surface area contributed by atoms with E-state index < -0.39 is 15.8 Å². The first kappa shape index (κ1) is 23.2. The molecule has 0 unspecified atom stereocenters. The number of para-hydroxylation sites is 1. The van der Waals surface area contributed by atoms with E-state index in [0.717, 1.165) is 13.1 Å². The van der Waals surface area contributed by atoms with Crippen molar-refractivity contribution in [1.29, 1.82) is 0 Å². The van der Waals surface area contributed by atoms with Crippen LogP contribution in [0.4, 0.5) is 10.1 Å². The molecule has 7 nitrogen and oxygen atoms in total. The van der Waals surface area contributed by atoms with Crippen LogP contribution in [0.2, 0.25) is 0 Å².